The third-order valence-corrected chi connectivity index (χ3v) is 7.94. The monoisotopic (exact) mass is 556 g/mol. The fourth-order valence-corrected chi connectivity index (χ4v) is 5.42. The zero-order chi connectivity index (χ0) is 28.0. The van der Waals surface area contributed by atoms with Gasteiger partial charge in [0.05, 0.1) is 10.3 Å². The third-order valence-electron chi connectivity index (χ3n) is 6.56. The summed E-state index contributed by atoms with van der Waals surface area (Å²) in [6.07, 6.45) is 1.53. The van der Waals surface area contributed by atoms with Crippen LogP contribution >= 0.6 is 0 Å². The summed E-state index contributed by atoms with van der Waals surface area (Å²) in [4.78, 5) is 21.8. The predicted octanol–water partition coefficient (Wildman–Crippen LogP) is 4.18. The number of carboxylic acid groups (broad SMARTS) is 1. The molecule has 2 aliphatic rings. The first-order valence-electron chi connectivity index (χ1n) is 12.2. The van der Waals surface area contributed by atoms with Crippen molar-refractivity contribution in [3.05, 3.63) is 59.2 Å². The lowest BCUT2D eigenvalue weighted by atomic mass is 9.92. The largest absolute Gasteiger partial charge is 0.490 e. The topological polar surface area (TPSA) is 122 Å². The maximum atomic E-state index is 12.9. The van der Waals surface area contributed by atoms with Gasteiger partial charge in [-0.3, -0.25) is 9.52 Å². The van der Waals surface area contributed by atoms with Crippen molar-refractivity contribution in [3.63, 3.8) is 0 Å². The molecule has 2 aromatic rings. The smallest absolute Gasteiger partial charge is 0.475 e. The normalized spacial score (nSPS) is 15.9. The number of hydrogen-bond acceptors (Lipinski definition) is 5. The van der Waals surface area contributed by atoms with Gasteiger partial charge in [-0.25, -0.2) is 13.2 Å². The van der Waals surface area contributed by atoms with E-state index in [4.69, 9.17) is 14.6 Å². The molecule has 2 aromatic carbocycles. The minimum absolute atomic E-state index is 0.0333. The van der Waals surface area contributed by atoms with Gasteiger partial charge >= 0.3 is 12.1 Å². The second-order valence-corrected chi connectivity index (χ2v) is 11.0. The summed E-state index contributed by atoms with van der Waals surface area (Å²) in [7, 11) is -2.01. The number of anilines is 1. The fourth-order valence-electron chi connectivity index (χ4n) is 4.31. The molecule has 0 heterocycles. The summed E-state index contributed by atoms with van der Waals surface area (Å²) in [6, 6.07) is 12.6. The van der Waals surface area contributed by atoms with Gasteiger partial charge in [0.1, 0.15) is 0 Å². The molecule has 2 aliphatic carbocycles. The Morgan fingerprint density at radius 1 is 1.03 bits per heavy atom. The number of nitrogens with one attached hydrogen (secondary N) is 2. The van der Waals surface area contributed by atoms with Crippen LogP contribution in [0.3, 0.4) is 0 Å². The lowest BCUT2D eigenvalue weighted by Gasteiger charge is -2.18. The SMILES string of the molecule is COCCCNC(=O)C1(c2ccc(NS(=O)(=O)c3ccc4c(c3)CCCC4)cc2)CC1.O=C(O)C(F)(F)F. The van der Waals surface area contributed by atoms with E-state index in [-0.39, 0.29) is 5.91 Å². The van der Waals surface area contributed by atoms with Crippen molar-refractivity contribution in [3.8, 4) is 0 Å². The fraction of sp³-hybridized carbons (Fsp3) is 0.462. The maximum absolute atomic E-state index is 12.9. The standard InChI is InChI=1S/C24H30N2O4S.C2HF3O2/c1-30-16-4-15-25-23(27)24(13-14-24)20-8-10-21(11-9-20)26-31(28,29)22-12-7-18-5-2-3-6-19(18)17-22;3-2(4,5)1(6)7/h7-12,17,26H,2-6,13-16H2,1H3,(H,25,27);(H,6,7). The van der Waals surface area contributed by atoms with Crippen molar-refractivity contribution >= 4 is 27.6 Å². The number of aliphatic carboxylic acids is 1. The molecule has 1 saturated carbocycles. The van der Waals surface area contributed by atoms with E-state index >= 15 is 0 Å². The number of halogens is 3. The number of methoxy groups -OCH3 is 1. The van der Waals surface area contributed by atoms with Crippen LogP contribution in [0.1, 0.15) is 48.8 Å². The van der Waals surface area contributed by atoms with Crippen LogP contribution in [0.25, 0.3) is 0 Å². The van der Waals surface area contributed by atoms with E-state index in [9.17, 15) is 26.4 Å². The molecule has 38 heavy (non-hydrogen) atoms. The molecule has 0 aliphatic heterocycles. The van der Waals surface area contributed by atoms with Crippen molar-refractivity contribution in [1.82, 2.24) is 5.32 Å². The van der Waals surface area contributed by atoms with E-state index in [1.54, 1.807) is 31.4 Å². The van der Waals surface area contributed by atoms with Gasteiger partial charge in [0, 0.05) is 25.9 Å². The highest BCUT2D eigenvalue weighted by Gasteiger charge is 2.51. The summed E-state index contributed by atoms with van der Waals surface area (Å²) in [5, 5.41) is 10.1. The number of rotatable bonds is 9. The van der Waals surface area contributed by atoms with Gasteiger partial charge in [-0.15, -0.1) is 0 Å². The molecule has 0 saturated heterocycles. The molecule has 0 unspecified atom stereocenters. The molecular weight excluding hydrogens is 525 g/mol. The minimum Gasteiger partial charge on any atom is -0.475 e. The minimum atomic E-state index is -5.08. The second kappa shape index (κ2) is 12.2. The molecule has 208 valence electrons. The number of amides is 1. The predicted molar refractivity (Wildman–Crippen MR) is 134 cm³/mol. The van der Waals surface area contributed by atoms with E-state index in [2.05, 4.69) is 10.0 Å². The van der Waals surface area contributed by atoms with Gasteiger partial charge in [0.25, 0.3) is 10.0 Å². The quantitative estimate of drug-likeness (QED) is 0.399. The lowest BCUT2D eigenvalue weighted by molar-refractivity contribution is -0.192. The summed E-state index contributed by atoms with van der Waals surface area (Å²) >= 11 is 0. The molecule has 0 aromatic heterocycles. The number of fused-ring (bicyclic) bond motifs is 1. The van der Waals surface area contributed by atoms with Crippen LogP contribution in [0, 0.1) is 0 Å². The molecule has 0 atom stereocenters. The summed E-state index contributed by atoms with van der Waals surface area (Å²) < 4.78 is 65.2. The molecule has 8 nitrogen and oxygen atoms in total. The van der Waals surface area contributed by atoms with Crippen LogP contribution in [-0.2, 0) is 42.6 Å². The number of benzene rings is 2. The Morgan fingerprint density at radius 2 is 1.63 bits per heavy atom. The van der Waals surface area contributed by atoms with Gasteiger partial charge in [-0.1, -0.05) is 18.2 Å². The number of carbonyl (C=O) groups is 2. The van der Waals surface area contributed by atoms with Gasteiger partial charge in [-0.2, -0.15) is 13.2 Å². The van der Waals surface area contributed by atoms with E-state index in [1.165, 1.54) is 5.56 Å². The average molecular weight is 557 g/mol. The first-order chi connectivity index (χ1) is 17.9. The van der Waals surface area contributed by atoms with Crippen LogP contribution in [0.2, 0.25) is 0 Å². The number of hydrogen-bond donors (Lipinski definition) is 3. The third kappa shape index (κ3) is 7.47. The Labute approximate surface area is 219 Å². The van der Waals surface area contributed by atoms with Crippen LogP contribution in [-0.4, -0.2) is 51.8 Å². The van der Waals surface area contributed by atoms with Crippen molar-refractivity contribution in [2.24, 2.45) is 0 Å². The van der Waals surface area contributed by atoms with Crippen LogP contribution in [0.5, 0.6) is 0 Å². The highest BCUT2D eigenvalue weighted by Crippen LogP contribution is 2.48. The summed E-state index contributed by atoms with van der Waals surface area (Å²) in [5.74, 6) is -2.72. The van der Waals surface area contributed by atoms with Crippen LogP contribution in [0.4, 0.5) is 18.9 Å². The average Bonchev–Trinajstić information content (AvgIpc) is 3.68. The molecule has 4 rings (SSSR count). The number of sulfonamides is 1. The number of alkyl halides is 3. The van der Waals surface area contributed by atoms with Crippen LogP contribution < -0.4 is 10.0 Å². The number of aryl methyl sites for hydroxylation is 2. The van der Waals surface area contributed by atoms with Crippen LogP contribution in [0.15, 0.2) is 47.4 Å². The highest BCUT2D eigenvalue weighted by molar-refractivity contribution is 7.92. The zero-order valence-electron chi connectivity index (χ0n) is 20.9. The molecule has 0 spiro atoms. The molecule has 0 bridgehead atoms. The molecule has 0 radical (unpaired) electrons. The van der Waals surface area contributed by atoms with E-state index in [1.807, 2.05) is 18.2 Å². The Balaban J connectivity index is 0.000000505. The van der Waals surface area contributed by atoms with Gasteiger partial charge in [-0.05, 0) is 85.9 Å². The van der Waals surface area contributed by atoms with Gasteiger partial charge in [0.15, 0.2) is 0 Å². The van der Waals surface area contributed by atoms with Gasteiger partial charge < -0.3 is 15.2 Å². The van der Waals surface area contributed by atoms with Crippen molar-refractivity contribution in [2.45, 2.75) is 61.4 Å². The lowest BCUT2D eigenvalue weighted by Crippen LogP contribution is -2.35. The number of carbonyl (C=O) groups excluding carboxylic acids is 1. The van der Waals surface area contributed by atoms with E-state index in [0.29, 0.717) is 23.7 Å². The summed E-state index contributed by atoms with van der Waals surface area (Å²) in [6.45, 7) is 1.21. The Hall–Kier alpha value is -3.12. The van der Waals surface area contributed by atoms with Crippen molar-refractivity contribution < 1.29 is 41.0 Å². The zero-order valence-corrected chi connectivity index (χ0v) is 21.8. The number of carboxylic acids is 1. The Kier molecular flexibility index (Phi) is 9.42. The van der Waals surface area contributed by atoms with E-state index in [0.717, 1.165) is 56.1 Å². The molecule has 3 N–H and O–H groups in total. The van der Waals surface area contributed by atoms with E-state index < -0.39 is 27.6 Å². The number of ether oxygens (including phenoxy) is 1. The first kappa shape index (κ1) is 29.4. The maximum Gasteiger partial charge on any atom is 0.490 e. The molecule has 1 amide bonds. The second-order valence-electron chi connectivity index (χ2n) is 9.31. The summed E-state index contributed by atoms with van der Waals surface area (Å²) in [5.41, 5.74) is 3.33. The first-order valence-corrected chi connectivity index (χ1v) is 13.7. The highest BCUT2D eigenvalue weighted by atomic mass is 32.2. The van der Waals surface area contributed by atoms with Crippen molar-refractivity contribution in [2.75, 3.05) is 25.0 Å². The van der Waals surface area contributed by atoms with Crippen molar-refractivity contribution in [1.29, 1.82) is 0 Å². The molecular formula is C26H31F3N2O6S. The Bertz CT molecular complexity index is 1240. The van der Waals surface area contributed by atoms with Gasteiger partial charge in [0.2, 0.25) is 5.91 Å². The molecule has 1 fully saturated rings. The Morgan fingerprint density at radius 3 is 2.18 bits per heavy atom. The molecule has 12 heteroatoms.